The Kier molecular flexibility index (Phi) is 5.49. The summed E-state index contributed by atoms with van der Waals surface area (Å²) in [6, 6.07) is 19.0. The molecule has 4 rings (SSSR count). The van der Waals surface area contributed by atoms with Crippen molar-refractivity contribution in [3.05, 3.63) is 82.8 Å². The minimum absolute atomic E-state index is 0.338. The first-order valence-corrected chi connectivity index (χ1v) is 9.88. The van der Waals surface area contributed by atoms with Crippen molar-refractivity contribution in [1.29, 1.82) is 0 Å². The molecular formula is C24H22N4O3. The molecule has 7 heteroatoms. The van der Waals surface area contributed by atoms with E-state index < -0.39 is 6.04 Å². The second kappa shape index (κ2) is 8.39. The zero-order valence-corrected chi connectivity index (χ0v) is 17.5. The van der Waals surface area contributed by atoms with Gasteiger partial charge in [0.25, 0.3) is 5.56 Å². The summed E-state index contributed by atoms with van der Waals surface area (Å²) in [6.45, 7) is 3.57. The third kappa shape index (κ3) is 4.16. The zero-order chi connectivity index (χ0) is 22.0. The van der Waals surface area contributed by atoms with Gasteiger partial charge < -0.3 is 10.1 Å². The molecule has 0 saturated carbocycles. The van der Waals surface area contributed by atoms with Crippen molar-refractivity contribution in [2.45, 2.75) is 19.9 Å². The van der Waals surface area contributed by atoms with Gasteiger partial charge >= 0.3 is 0 Å². The summed E-state index contributed by atoms with van der Waals surface area (Å²) in [6.07, 6.45) is 0. The molecule has 0 bridgehead atoms. The van der Waals surface area contributed by atoms with Crippen molar-refractivity contribution in [2.24, 2.45) is 0 Å². The van der Waals surface area contributed by atoms with E-state index in [1.165, 1.54) is 10.7 Å². The highest BCUT2D eigenvalue weighted by Gasteiger charge is 2.19. The summed E-state index contributed by atoms with van der Waals surface area (Å²) < 4.78 is 6.38. The molecule has 2 aromatic carbocycles. The largest absolute Gasteiger partial charge is 0.497 e. The quantitative estimate of drug-likeness (QED) is 0.534. The van der Waals surface area contributed by atoms with Crippen LogP contribution in [0.4, 0.5) is 5.69 Å². The fraction of sp³-hybridized carbons (Fsp3) is 0.167. The first-order chi connectivity index (χ1) is 15.0. The molecule has 1 atom stereocenters. The van der Waals surface area contributed by atoms with Gasteiger partial charge in [-0.3, -0.25) is 14.6 Å². The maximum Gasteiger partial charge on any atom is 0.267 e. The van der Waals surface area contributed by atoms with Crippen LogP contribution in [0.2, 0.25) is 0 Å². The van der Waals surface area contributed by atoms with Gasteiger partial charge in [-0.25, -0.2) is 4.68 Å². The standard InChI is InChI=1S/C24H22N4O3/c1-15-7-12-19-21(25-15)5-4-6-22(19)26-24(30)16(2)28-23(29)14-13-20(27-28)17-8-10-18(31-3)11-9-17/h4-14,16H,1-3H3,(H,26,30). The molecule has 2 heterocycles. The Morgan fingerprint density at radius 3 is 2.55 bits per heavy atom. The second-order valence-electron chi connectivity index (χ2n) is 7.22. The average molecular weight is 414 g/mol. The van der Waals surface area contributed by atoms with Crippen LogP contribution >= 0.6 is 0 Å². The third-order valence-corrected chi connectivity index (χ3v) is 5.09. The topological polar surface area (TPSA) is 86.1 Å². The van der Waals surface area contributed by atoms with Crippen LogP contribution in [0.3, 0.4) is 0 Å². The van der Waals surface area contributed by atoms with Crippen LogP contribution in [0.15, 0.2) is 71.5 Å². The van der Waals surface area contributed by atoms with Gasteiger partial charge in [0.2, 0.25) is 5.91 Å². The van der Waals surface area contributed by atoms with Gasteiger partial charge in [0, 0.05) is 22.7 Å². The average Bonchev–Trinajstić information content (AvgIpc) is 2.79. The van der Waals surface area contributed by atoms with Gasteiger partial charge in [0.1, 0.15) is 11.8 Å². The predicted octanol–water partition coefficient (Wildman–Crippen LogP) is 3.98. The minimum atomic E-state index is -0.806. The van der Waals surface area contributed by atoms with Crippen LogP contribution in [0.25, 0.3) is 22.2 Å². The number of aryl methyl sites for hydroxylation is 1. The van der Waals surface area contributed by atoms with Crippen molar-refractivity contribution >= 4 is 22.5 Å². The number of carbonyl (C=O) groups excluding carboxylic acids is 1. The van der Waals surface area contributed by atoms with Gasteiger partial charge in [0.15, 0.2) is 0 Å². The molecule has 1 unspecified atom stereocenters. The van der Waals surface area contributed by atoms with E-state index in [0.29, 0.717) is 11.4 Å². The number of rotatable bonds is 5. The summed E-state index contributed by atoms with van der Waals surface area (Å²) in [7, 11) is 1.60. The number of benzene rings is 2. The van der Waals surface area contributed by atoms with Crippen molar-refractivity contribution in [3.63, 3.8) is 0 Å². The number of carbonyl (C=O) groups is 1. The fourth-order valence-electron chi connectivity index (χ4n) is 3.33. The molecule has 0 fully saturated rings. The number of anilines is 1. The smallest absolute Gasteiger partial charge is 0.267 e. The van der Waals surface area contributed by atoms with Crippen molar-refractivity contribution in [2.75, 3.05) is 12.4 Å². The van der Waals surface area contributed by atoms with E-state index in [1.807, 2.05) is 61.5 Å². The third-order valence-electron chi connectivity index (χ3n) is 5.09. The molecule has 0 spiro atoms. The number of hydrogen-bond donors (Lipinski definition) is 1. The van der Waals surface area contributed by atoms with Crippen LogP contribution in [0.5, 0.6) is 5.75 Å². The first kappa shape index (κ1) is 20.3. The number of ether oxygens (including phenoxy) is 1. The highest BCUT2D eigenvalue weighted by Crippen LogP contribution is 2.24. The predicted molar refractivity (Wildman–Crippen MR) is 120 cm³/mol. The SMILES string of the molecule is COc1ccc(-c2ccc(=O)n(C(C)C(=O)Nc3cccc4nc(C)ccc34)n2)cc1. The Morgan fingerprint density at radius 1 is 1.03 bits per heavy atom. The summed E-state index contributed by atoms with van der Waals surface area (Å²) >= 11 is 0. The van der Waals surface area contributed by atoms with E-state index in [2.05, 4.69) is 15.4 Å². The molecule has 7 nitrogen and oxygen atoms in total. The normalized spacial score (nSPS) is 11.8. The summed E-state index contributed by atoms with van der Waals surface area (Å²) in [5.41, 5.74) is 3.39. The number of pyridine rings is 1. The molecule has 0 saturated heterocycles. The number of amides is 1. The van der Waals surface area contributed by atoms with Crippen molar-refractivity contribution < 1.29 is 9.53 Å². The fourth-order valence-corrected chi connectivity index (χ4v) is 3.33. The molecule has 4 aromatic rings. The molecule has 0 aliphatic heterocycles. The number of nitrogens with one attached hydrogen (secondary N) is 1. The minimum Gasteiger partial charge on any atom is -0.497 e. The summed E-state index contributed by atoms with van der Waals surface area (Å²) in [4.78, 5) is 29.9. The number of hydrogen-bond acceptors (Lipinski definition) is 5. The molecule has 0 radical (unpaired) electrons. The van der Waals surface area contributed by atoms with Crippen LogP contribution in [-0.2, 0) is 4.79 Å². The maximum atomic E-state index is 13.0. The molecule has 31 heavy (non-hydrogen) atoms. The van der Waals surface area contributed by atoms with Crippen molar-refractivity contribution in [3.8, 4) is 17.0 Å². The number of fused-ring (bicyclic) bond motifs is 1. The lowest BCUT2D eigenvalue weighted by Gasteiger charge is -2.16. The van der Waals surface area contributed by atoms with Gasteiger partial charge in [-0.1, -0.05) is 6.07 Å². The first-order valence-electron chi connectivity index (χ1n) is 9.88. The Hall–Kier alpha value is -4.00. The Bertz CT molecular complexity index is 1310. The second-order valence-corrected chi connectivity index (χ2v) is 7.22. The van der Waals surface area contributed by atoms with E-state index in [0.717, 1.165) is 27.9 Å². The molecule has 1 amide bonds. The zero-order valence-electron chi connectivity index (χ0n) is 17.5. The van der Waals surface area contributed by atoms with Crippen LogP contribution in [-0.4, -0.2) is 27.8 Å². The molecule has 0 aliphatic carbocycles. The highest BCUT2D eigenvalue weighted by molar-refractivity contribution is 6.02. The maximum absolute atomic E-state index is 13.0. The Balaban J connectivity index is 1.62. The van der Waals surface area contributed by atoms with Crippen LogP contribution < -0.4 is 15.6 Å². The molecule has 2 aromatic heterocycles. The van der Waals surface area contributed by atoms with E-state index in [9.17, 15) is 9.59 Å². The van der Waals surface area contributed by atoms with E-state index in [4.69, 9.17) is 4.74 Å². The van der Waals surface area contributed by atoms with Crippen molar-refractivity contribution in [1.82, 2.24) is 14.8 Å². The summed E-state index contributed by atoms with van der Waals surface area (Å²) in [5.74, 6) is 0.388. The van der Waals surface area contributed by atoms with Gasteiger partial charge in [-0.05, 0) is 68.4 Å². The Morgan fingerprint density at radius 2 is 1.81 bits per heavy atom. The van der Waals surface area contributed by atoms with Crippen LogP contribution in [0.1, 0.15) is 18.7 Å². The van der Waals surface area contributed by atoms with Gasteiger partial charge in [-0.15, -0.1) is 0 Å². The Labute approximate surface area is 179 Å². The molecule has 1 N–H and O–H groups in total. The monoisotopic (exact) mass is 414 g/mol. The van der Waals surface area contributed by atoms with Gasteiger partial charge in [-0.2, -0.15) is 5.10 Å². The van der Waals surface area contributed by atoms with Crippen LogP contribution in [0, 0.1) is 6.92 Å². The summed E-state index contributed by atoms with van der Waals surface area (Å²) in [5, 5.41) is 8.17. The molecule has 0 aliphatic rings. The lowest BCUT2D eigenvalue weighted by molar-refractivity contribution is -0.119. The lowest BCUT2D eigenvalue weighted by atomic mass is 10.1. The van der Waals surface area contributed by atoms with Gasteiger partial charge in [0.05, 0.1) is 24.0 Å². The van der Waals surface area contributed by atoms with E-state index >= 15 is 0 Å². The highest BCUT2D eigenvalue weighted by atomic mass is 16.5. The lowest BCUT2D eigenvalue weighted by Crippen LogP contribution is -2.33. The number of methoxy groups -OCH3 is 1. The molecule has 156 valence electrons. The number of nitrogens with zero attached hydrogens (tertiary/aromatic N) is 3. The van der Waals surface area contributed by atoms with E-state index in [1.54, 1.807) is 20.1 Å². The number of aromatic nitrogens is 3. The molecular weight excluding hydrogens is 392 g/mol. The van der Waals surface area contributed by atoms with E-state index in [-0.39, 0.29) is 11.5 Å².